The van der Waals surface area contributed by atoms with Crippen molar-refractivity contribution in [2.45, 2.75) is 56.4 Å². The minimum absolute atomic E-state index is 0. The number of hydrogen-bond acceptors (Lipinski definition) is 3. The van der Waals surface area contributed by atoms with Crippen molar-refractivity contribution in [3.63, 3.8) is 0 Å². The maximum absolute atomic E-state index is 12.6. The molecule has 0 aromatic heterocycles. The van der Waals surface area contributed by atoms with E-state index >= 15 is 0 Å². The molecule has 0 saturated carbocycles. The van der Waals surface area contributed by atoms with Crippen LogP contribution < -0.4 is 5.32 Å². The van der Waals surface area contributed by atoms with E-state index in [0.29, 0.717) is 12.1 Å². The van der Waals surface area contributed by atoms with Gasteiger partial charge in [-0.25, -0.2) is 0 Å². The van der Waals surface area contributed by atoms with Crippen LogP contribution in [0.4, 0.5) is 13.2 Å². The van der Waals surface area contributed by atoms with Crippen LogP contribution in [0.2, 0.25) is 0 Å². The average molecular weight is 370 g/mol. The van der Waals surface area contributed by atoms with Crippen molar-refractivity contribution in [2.24, 2.45) is 5.92 Å². The number of halogens is 4. The lowest BCUT2D eigenvalue weighted by molar-refractivity contribution is -0.157. The van der Waals surface area contributed by atoms with Gasteiger partial charge in [-0.15, -0.1) is 12.4 Å². The lowest BCUT2D eigenvalue weighted by Crippen LogP contribution is -2.50. The molecule has 3 fully saturated rings. The number of carbonyl (C=O) groups excluding carboxylic acids is 2. The summed E-state index contributed by atoms with van der Waals surface area (Å²) in [6.07, 6.45) is -0.545. The molecule has 0 aromatic rings. The van der Waals surface area contributed by atoms with Crippen molar-refractivity contribution < 1.29 is 22.8 Å². The Morgan fingerprint density at radius 1 is 1.29 bits per heavy atom. The molecule has 138 valence electrons. The Morgan fingerprint density at radius 2 is 1.88 bits per heavy atom. The number of nitrogens with one attached hydrogen (secondary N) is 1. The molecule has 24 heavy (non-hydrogen) atoms. The largest absolute Gasteiger partial charge is 0.406 e. The number of fused-ring (bicyclic) bond motifs is 2. The zero-order valence-corrected chi connectivity index (χ0v) is 14.3. The summed E-state index contributed by atoms with van der Waals surface area (Å²) in [7, 11) is 1.72. The molecule has 0 aliphatic carbocycles. The van der Waals surface area contributed by atoms with Crippen LogP contribution >= 0.6 is 12.4 Å². The van der Waals surface area contributed by atoms with Crippen LogP contribution in [-0.2, 0) is 9.59 Å². The van der Waals surface area contributed by atoms with Gasteiger partial charge in [0.2, 0.25) is 11.8 Å². The third-order valence-electron chi connectivity index (χ3n) is 5.28. The van der Waals surface area contributed by atoms with Gasteiger partial charge in [0.1, 0.15) is 6.54 Å². The second kappa shape index (κ2) is 7.07. The maximum atomic E-state index is 12.6. The Kier molecular flexibility index (Phi) is 5.69. The highest BCUT2D eigenvalue weighted by Crippen LogP contribution is 2.31. The number of likely N-dealkylation sites (tertiary alicyclic amines) is 1. The SMILES string of the molecule is CN(C(=O)C1CC(=O)N(CC(F)(F)F)C1)C1CC2CCC(C1)N2.Cl. The van der Waals surface area contributed by atoms with Crippen molar-refractivity contribution in [3.8, 4) is 0 Å². The Bertz CT molecular complexity index is 491. The fourth-order valence-corrected chi connectivity index (χ4v) is 4.12. The molecule has 0 spiro atoms. The molecule has 3 unspecified atom stereocenters. The lowest BCUT2D eigenvalue weighted by Gasteiger charge is -2.36. The summed E-state index contributed by atoms with van der Waals surface area (Å²) in [4.78, 5) is 26.7. The highest BCUT2D eigenvalue weighted by Gasteiger charge is 2.43. The first-order valence-corrected chi connectivity index (χ1v) is 8.10. The molecule has 3 rings (SSSR count). The molecule has 9 heteroatoms. The molecular formula is C15H23ClF3N3O2. The van der Waals surface area contributed by atoms with E-state index in [-0.39, 0.29) is 37.3 Å². The number of amides is 2. The number of rotatable bonds is 3. The molecule has 3 saturated heterocycles. The van der Waals surface area contributed by atoms with Gasteiger partial charge in [0.25, 0.3) is 0 Å². The van der Waals surface area contributed by atoms with Crippen molar-refractivity contribution >= 4 is 24.2 Å². The van der Waals surface area contributed by atoms with Crippen LogP contribution in [0.5, 0.6) is 0 Å². The van der Waals surface area contributed by atoms with E-state index in [4.69, 9.17) is 0 Å². The van der Waals surface area contributed by atoms with Gasteiger partial charge >= 0.3 is 6.18 Å². The number of hydrogen-bond donors (Lipinski definition) is 1. The Balaban J connectivity index is 0.00000208. The first-order valence-electron chi connectivity index (χ1n) is 8.10. The third-order valence-corrected chi connectivity index (χ3v) is 5.28. The van der Waals surface area contributed by atoms with Gasteiger partial charge in [0.05, 0.1) is 5.92 Å². The molecular weight excluding hydrogens is 347 g/mol. The lowest BCUT2D eigenvalue weighted by atomic mass is 9.97. The van der Waals surface area contributed by atoms with Crippen molar-refractivity contribution in [2.75, 3.05) is 20.1 Å². The molecule has 3 aliphatic rings. The van der Waals surface area contributed by atoms with E-state index in [0.717, 1.165) is 30.6 Å². The molecule has 2 amide bonds. The van der Waals surface area contributed by atoms with Gasteiger partial charge in [-0.05, 0) is 25.7 Å². The van der Waals surface area contributed by atoms with Crippen LogP contribution in [-0.4, -0.2) is 66.1 Å². The third kappa shape index (κ3) is 4.14. The standard InChI is InChI=1S/C15H22F3N3O2.ClH/c1-20(12-5-10-2-3-11(6-12)19-10)14(23)9-4-13(22)21(7-9)8-15(16,17)18;/h9-12,19H,2-8H2,1H3;1H. The summed E-state index contributed by atoms with van der Waals surface area (Å²) < 4.78 is 37.4. The van der Waals surface area contributed by atoms with E-state index < -0.39 is 24.5 Å². The highest BCUT2D eigenvalue weighted by molar-refractivity contribution is 5.89. The van der Waals surface area contributed by atoms with E-state index in [9.17, 15) is 22.8 Å². The van der Waals surface area contributed by atoms with Crippen molar-refractivity contribution in [3.05, 3.63) is 0 Å². The van der Waals surface area contributed by atoms with E-state index in [1.54, 1.807) is 11.9 Å². The van der Waals surface area contributed by atoms with Gasteiger partial charge in [-0.3, -0.25) is 9.59 Å². The van der Waals surface area contributed by atoms with E-state index in [1.165, 1.54) is 0 Å². The van der Waals surface area contributed by atoms with Gasteiger partial charge in [-0.1, -0.05) is 0 Å². The fraction of sp³-hybridized carbons (Fsp3) is 0.867. The zero-order valence-electron chi connectivity index (χ0n) is 13.5. The number of alkyl halides is 3. The molecule has 3 atom stereocenters. The van der Waals surface area contributed by atoms with Crippen LogP contribution in [0.15, 0.2) is 0 Å². The van der Waals surface area contributed by atoms with Gasteiger partial charge in [-0.2, -0.15) is 13.2 Å². The van der Waals surface area contributed by atoms with Gasteiger partial charge in [0.15, 0.2) is 0 Å². The van der Waals surface area contributed by atoms with Crippen LogP contribution in [0, 0.1) is 5.92 Å². The molecule has 5 nitrogen and oxygen atoms in total. The summed E-state index contributed by atoms with van der Waals surface area (Å²) in [5.41, 5.74) is 0. The number of piperidine rings is 1. The van der Waals surface area contributed by atoms with Crippen LogP contribution in [0.1, 0.15) is 32.1 Å². The topological polar surface area (TPSA) is 52.7 Å². The fourth-order valence-electron chi connectivity index (χ4n) is 4.12. The first kappa shape index (κ1) is 19.3. The van der Waals surface area contributed by atoms with Gasteiger partial charge < -0.3 is 15.1 Å². The summed E-state index contributed by atoms with van der Waals surface area (Å²) in [5, 5.41) is 3.50. The van der Waals surface area contributed by atoms with E-state index in [1.807, 2.05) is 0 Å². The van der Waals surface area contributed by atoms with E-state index in [2.05, 4.69) is 5.32 Å². The maximum Gasteiger partial charge on any atom is 0.406 e. The smallest absolute Gasteiger partial charge is 0.342 e. The zero-order chi connectivity index (χ0) is 16.8. The van der Waals surface area contributed by atoms with Crippen LogP contribution in [0.3, 0.4) is 0 Å². The number of nitrogens with zero attached hydrogens (tertiary/aromatic N) is 2. The minimum Gasteiger partial charge on any atom is -0.342 e. The molecule has 0 aromatic carbocycles. The van der Waals surface area contributed by atoms with Crippen molar-refractivity contribution in [1.29, 1.82) is 0 Å². The molecule has 0 radical (unpaired) electrons. The quantitative estimate of drug-likeness (QED) is 0.821. The second-order valence-corrected chi connectivity index (χ2v) is 7.00. The predicted molar refractivity (Wildman–Crippen MR) is 83.7 cm³/mol. The molecule has 2 bridgehead atoms. The molecule has 3 heterocycles. The second-order valence-electron chi connectivity index (χ2n) is 7.00. The normalized spacial score (nSPS) is 32.7. The minimum atomic E-state index is -4.42. The Hall–Kier alpha value is -1.02. The van der Waals surface area contributed by atoms with Crippen molar-refractivity contribution in [1.82, 2.24) is 15.1 Å². The summed E-state index contributed by atoms with van der Waals surface area (Å²) in [6, 6.07) is 0.981. The Labute approximate surface area is 145 Å². The highest BCUT2D eigenvalue weighted by atomic mass is 35.5. The van der Waals surface area contributed by atoms with Crippen LogP contribution in [0.25, 0.3) is 0 Å². The summed E-state index contributed by atoms with van der Waals surface area (Å²) in [5.74, 6) is -1.43. The first-order chi connectivity index (χ1) is 10.7. The summed E-state index contributed by atoms with van der Waals surface area (Å²) >= 11 is 0. The molecule has 3 aliphatic heterocycles. The number of carbonyl (C=O) groups is 2. The average Bonchev–Trinajstić information content (AvgIpc) is 2.98. The Morgan fingerprint density at radius 3 is 2.42 bits per heavy atom. The summed E-state index contributed by atoms with van der Waals surface area (Å²) in [6.45, 7) is -1.39. The monoisotopic (exact) mass is 369 g/mol. The van der Waals surface area contributed by atoms with Gasteiger partial charge in [0, 0.05) is 38.1 Å². The molecule has 1 N–H and O–H groups in total. The predicted octanol–water partition coefficient (Wildman–Crippen LogP) is 1.56.